The molecule has 4 nitrogen and oxygen atoms in total. The summed E-state index contributed by atoms with van der Waals surface area (Å²) in [4.78, 5) is 11.0. The molecular weight excluding hydrogens is 267 g/mol. The van der Waals surface area contributed by atoms with Crippen LogP contribution in [0.4, 0.5) is 15.8 Å². The summed E-state index contributed by atoms with van der Waals surface area (Å²) in [5.41, 5.74) is 8.41. The van der Waals surface area contributed by atoms with E-state index in [-0.39, 0.29) is 11.7 Å². The van der Waals surface area contributed by atoms with Crippen molar-refractivity contribution in [2.75, 3.05) is 11.4 Å². The number of halogens is 1. The third-order valence-electron chi connectivity index (χ3n) is 3.32. The van der Waals surface area contributed by atoms with Gasteiger partial charge in [0.1, 0.15) is 11.6 Å². The van der Waals surface area contributed by atoms with Crippen molar-refractivity contribution in [1.82, 2.24) is 9.97 Å². The van der Waals surface area contributed by atoms with Gasteiger partial charge < -0.3 is 10.6 Å². The second-order valence-corrected chi connectivity index (χ2v) is 5.14. The van der Waals surface area contributed by atoms with Crippen molar-refractivity contribution < 1.29 is 4.39 Å². The molecule has 1 aromatic carbocycles. The Morgan fingerprint density at radius 2 is 1.90 bits per heavy atom. The lowest BCUT2D eigenvalue weighted by Crippen LogP contribution is -2.20. The van der Waals surface area contributed by atoms with E-state index in [0.717, 1.165) is 29.4 Å². The molecule has 1 heterocycles. The molecule has 0 aliphatic carbocycles. The van der Waals surface area contributed by atoms with Crippen molar-refractivity contribution in [3.8, 4) is 0 Å². The van der Waals surface area contributed by atoms with Crippen molar-refractivity contribution in [3.63, 3.8) is 0 Å². The molecule has 0 radical (unpaired) electrons. The number of rotatable bonds is 5. The lowest BCUT2D eigenvalue weighted by atomic mass is 10.2. The molecule has 5 heteroatoms. The maximum absolute atomic E-state index is 13.1. The highest BCUT2D eigenvalue weighted by molar-refractivity contribution is 5.64. The first kappa shape index (κ1) is 15.4. The number of benzene rings is 1. The normalized spacial score (nSPS) is 11.0. The largest absolute Gasteiger partial charge is 0.339 e. The third-order valence-corrected chi connectivity index (χ3v) is 3.32. The van der Waals surface area contributed by atoms with Gasteiger partial charge in [0, 0.05) is 24.7 Å². The van der Waals surface area contributed by atoms with Gasteiger partial charge in [-0.1, -0.05) is 13.8 Å². The molecule has 0 amide bonds. The van der Waals surface area contributed by atoms with Crippen molar-refractivity contribution in [2.24, 2.45) is 5.73 Å². The minimum atomic E-state index is -0.250. The molecule has 0 saturated carbocycles. The fraction of sp³-hybridized carbons (Fsp3) is 0.375. The van der Waals surface area contributed by atoms with Crippen LogP contribution in [0.1, 0.15) is 38.2 Å². The van der Waals surface area contributed by atoms with Gasteiger partial charge in [-0.05, 0) is 31.2 Å². The van der Waals surface area contributed by atoms with Crippen LogP contribution in [0.25, 0.3) is 0 Å². The standard InChI is InChI=1S/C16H21FN4/c1-4-21(13-7-5-12(17)6-8-13)15-10-19-16(11(2)3)20-14(15)9-18/h5-8,10-11H,4,9,18H2,1-3H3. The van der Waals surface area contributed by atoms with Crippen LogP contribution in [-0.2, 0) is 6.54 Å². The second kappa shape index (κ2) is 6.63. The van der Waals surface area contributed by atoms with Gasteiger partial charge >= 0.3 is 0 Å². The van der Waals surface area contributed by atoms with Crippen LogP contribution in [0.5, 0.6) is 0 Å². The van der Waals surface area contributed by atoms with Gasteiger partial charge in [-0.25, -0.2) is 14.4 Å². The Balaban J connectivity index is 2.44. The molecule has 21 heavy (non-hydrogen) atoms. The van der Waals surface area contributed by atoms with E-state index in [4.69, 9.17) is 5.73 Å². The summed E-state index contributed by atoms with van der Waals surface area (Å²) in [5.74, 6) is 0.792. The number of anilines is 2. The van der Waals surface area contributed by atoms with Crippen molar-refractivity contribution in [2.45, 2.75) is 33.2 Å². The summed E-state index contributed by atoms with van der Waals surface area (Å²) in [5, 5.41) is 0. The van der Waals surface area contributed by atoms with E-state index < -0.39 is 0 Å². The molecular formula is C16H21FN4. The Morgan fingerprint density at radius 1 is 1.24 bits per heavy atom. The first-order valence-electron chi connectivity index (χ1n) is 7.15. The summed E-state index contributed by atoms with van der Waals surface area (Å²) < 4.78 is 13.1. The van der Waals surface area contributed by atoms with Crippen LogP contribution in [0, 0.1) is 5.82 Å². The van der Waals surface area contributed by atoms with Crippen LogP contribution < -0.4 is 10.6 Å². The summed E-state index contributed by atoms with van der Waals surface area (Å²) in [7, 11) is 0. The monoisotopic (exact) mass is 288 g/mol. The third kappa shape index (κ3) is 3.36. The summed E-state index contributed by atoms with van der Waals surface area (Å²) >= 11 is 0. The molecule has 2 rings (SSSR count). The van der Waals surface area contributed by atoms with Crippen LogP contribution in [0.2, 0.25) is 0 Å². The molecule has 112 valence electrons. The number of nitrogens with zero attached hydrogens (tertiary/aromatic N) is 3. The predicted molar refractivity (Wildman–Crippen MR) is 83.1 cm³/mol. The zero-order valence-electron chi connectivity index (χ0n) is 12.7. The first-order chi connectivity index (χ1) is 10.1. The second-order valence-electron chi connectivity index (χ2n) is 5.14. The summed E-state index contributed by atoms with van der Waals surface area (Å²) in [6.07, 6.45) is 1.80. The van der Waals surface area contributed by atoms with E-state index in [1.54, 1.807) is 18.3 Å². The highest BCUT2D eigenvalue weighted by atomic mass is 19.1. The van der Waals surface area contributed by atoms with E-state index in [1.807, 2.05) is 25.7 Å². The van der Waals surface area contributed by atoms with Gasteiger partial charge in [0.05, 0.1) is 17.6 Å². The smallest absolute Gasteiger partial charge is 0.131 e. The Bertz CT molecular complexity index is 596. The number of nitrogens with two attached hydrogens (primary N) is 1. The summed E-state index contributed by atoms with van der Waals surface area (Å²) in [6, 6.07) is 6.39. The van der Waals surface area contributed by atoms with Crippen LogP contribution >= 0.6 is 0 Å². The molecule has 1 aromatic heterocycles. The van der Waals surface area contributed by atoms with Gasteiger partial charge in [-0.3, -0.25) is 0 Å². The van der Waals surface area contributed by atoms with E-state index in [1.165, 1.54) is 12.1 Å². The highest BCUT2D eigenvalue weighted by Crippen LogP contribution is 2.27. The van der Waals surface area contributed by atoms with Crippen LogP contribution in [0.3, 0.4) is 0 Å². The number of hydrogen-bond acceptors (Lipinski definition) is 4. The molecule has 2 aromatic rings. The van der Waals surface area contributed by atoms with Gasteiger partial charge in [-0.2, -0.15) is 0 Å². The quantitative estimate of drug-likeness (QED) is 0.916. The average molecular weight is 288 g/mol. The molecule has 0 saturated heterocycles. The zero-order valence-corrected chi connectivity index (χ0v) is 12.7. The fourth-order valence-electron chi connectivity index (χ4n) is 2.19. The van der Waals surface area contributed by atoms with Crippen LogP contribution in [-0.4, -0.2) is 16.5 Å². The SMILES string of the molecule is CCN(c1ccc(F)cc1)c1cnc(C(C)C)nc1CN. The number of aromatic nitrogens is 2. The predicted octanol–water partition coefficient (Wildman–Crippen LogP) is 3.36. The maximum atomic E-state index is 13.1. The van der Waals surface area contributed by atoms with Gasteiger partial charge in [0.15, 0.2) is 0 Å². The minimum absolute atomic E-state index is 0.250. The molecule has 0 unspecified atom stereocenters. The Kier molecular flexibility index (Phi) is 4.85. The van der Waals surface area contributed by atoms with Gasteiger partial charge in [0.2, 0.25) is 0 Å². The van der Waals surface area contributed by atoms with Crippen LogP contribution in [0.15, 0.2) is 30.5 Å². The summed E-state index contributed by atoms with van der Waals surface area (Å²) in [6.45, 7) is 7.19. The molecule has 0 fully saturated rings. The average Bonchev–Trinajstić information content (AvgIpc) is 2.50. The molecule has 0 aliphatic heterocycles. The van der Waals surface area contributed by atoms with Crippen molar-refractivity contribution >= 4 is 11.4 Å². The van der Waals surface area contributed by atoms with E-state index >= 15 is 0 Å². The zero-order chi connectivity index (χ0) is 15.4. The molecule has 0 aliphatic rings. The molecule has 0 bridgehead atoms. The Hall–Kier alpha value is -2.01. The van der Waals surface area contributed by atoms with Gasteiger partial charge in [-0.15, -0.1) is 0 Å². The molecule has 0 spiro atoms. The Labute approximate surface area is 124 Å². The maximum Gasteiger partial charge on any atom is 0.131 e. The molecule has 0 atom stereocenters. The lowest BCUT2D eigenvalue weighted by Gasteiger charge is -2.25. The highest BCUT2D eigenvalue weighted by Gasteiger charge is 2.15. The lowest BCUT2D eigenvalue weighted by molar-refractivity contribution is 0.628. The van der Waals surface area contributed by atoms with Gasteiger partial charge in [0.25, 0.3) is 0 Å². The van der Waals surface area contributed by atoms with E-state index in [9.17, 15) is 4.39 Å². The molecule has 2 N–H and O–H groups in total. The van der Waals surface area contributed by atoms with Crippen molar-refractivity contribution in [3.05, 3.63) is 47.8 Å². The minimum Gasteiger partial charge on any atom is -0.339 e. The fourth-order valence-corrected chi connectivity index (χ4v) is 2.19. The Morgan fingerprint density at radius 3 is 2.43 bits per heavy atom. The number of hydrogen-bond donors (Lipinski definition) is 1. The first-order valence-corrected chi connectivity index (χ1v) is 7.15. The van der Waals surface area contributed by atoms with E-state index in [2.05, 4.69) is 9.97 Å². The topological polar surface area (TPSA) is 55.0 Å². The van der Waals surface area contributed by atoms with E-state index in [0.29, 0.717) is 6.54 Å². The van der Waals surface area contributed by atoms with Crippen molar-refractivity contribution in [1.29, 1.82) is 0 Å².